The van der Waals surface area contributed by atoms with Crippen LogP contribution in [0.3, 0.4) is 0 Å². The Balaban J connectivity index is 1.81. The molecule has 0 aromatic heterocycles. The summed E-state index contributed by atoms with van der Waals surface area (Å²) in [4.78, 5) is 35.0. The summed E-state index contributed by atoms with van der Waals surface area (Å²) in [5, 5.41) is 16.6. The Kier molecular flexibility index (Phi) is 7.16. The molecule has 8 heteroatoms. The fourth-order valence-electron chi connectivity index (χ4n) is 2.16. The first-order valence-corrected chi connectivity index (χ1v) is 8.60. The molecule has 0 aliphatic carbocycles. The molecule has 1 atom stereocenters. The van der Waals surface area contributed by atoms with Gasteiger partial charge in [-0.05, 0) is 29.8 Å². The predicted octanol–water partition coefficient (Wildman–Crippen LogP) is 2.38. The standard InChI is InChI=1S/C18H18BrN3O4/c19-13-6-8-14(9-7-13)21-18(26)20-11-16(23)22-15(17(24)25)10-12-4-2-1-3-5-12/h1-9,15H,10-11H2,(H,22,23)(H,24,25)(H2,20,21,26)/t15-/m0/s1. The highest BCUT2D eigenvalue weighted by molar-refractivity contribution is 9.10. The number of aliphatic carboxylic acids is 1. The molecule has 2 aromatic carbocycles. The highest BCUT2D eigenvalue weighted by Gasteiger charge is 2.20. The van der Waals surface area contributed by atoms with E-state index in [0.717, 1.165) is 10.0 Å². The van der Waals surface area contributed by atoms with Gasteiger partial charge in [-0.2, -0.15) is 0 Å². The van der Waals surface area contributed by atoms with Gasteiger partial charge < -0.3 is 21.1 Å². The largest absolute Gasteiger partial charge is 0.480 e. The van der Waals surface area contributed by atoms with Gasteiger partial charge in [0, 0.05) is 16.6 Å². The van der Waals surface area contributed by atoms with E-state index in [-0.39, 0.29) is 13.0 Å². The van der Waals surface area contributed by atoms with E-state index in [2.05, 4.69) is 31.9 Å². The van der Waals surface area contributed by atoms with E-state index in [1.807, 2.05) is 6.07 Å². The number of halogens is 1. The third-order valence-electron chi connectivity index (χ3n) is 3.43. The molecular weight excluding hydrogens is 402 g/mol. The quantitative estimate of drug-likeness (QED) is 0.552. The van der Waals surface area contributed by atoms with Crippen molar-refractivity contribution in [2.75, 3.05) is 11.9 Å². The molecule has 0 spiro atoms. The fraction of sp³-hybridized carbons (Fsp3) is 0.167. The smallest absolute Gasteiger partial charge is 0.326 e. The first kappa shape index (κ1) is 19.5. The second kappa shape index (κ2) is 9.57. The molecule has 0 aliphatic rings. The summed E-state index contributed by atoms with van der Waals surface area (Å²) in [7, 11) is 0. The van der Waals surface area contributed by atoms with Crippen LogP contribution < -0.4 is 16.0 Å². The average molecular weight is 420 g/mol. The maximum atomic E-state index is 11.9. The van der Waals surface area contributed by atoms with Crippen molar-refractivity contribution in [3.63, 3.8) is 0 Å². The summed E-state index contributed by atoms with van der Waals surface area (Å²) < 4.78 is 0.876. The van der Waals surface area contributed by atoms with Crippen LogP contribution in [0, 0.1) is 0 Å². The number of anilines is 1. The highest BCUT2D eigenvalue weighted by atomic mass is 79.9. The summed E-state index contributed by atoms with van der Waals surface area (Å²) in [5.74, 6) is -1.72. The van der Waals surface area contributed by atoms with Crippen molar-refractivity contribution in [3.8, 4) is 0 Å². The number of hydrogen-bond acceptors (Lipinski definition) is 3. The Hall–Kier alpha value is -2.87. The minimum absolute atomic E-state index is 0.160. The summed E-state index contributed by atoms with van der Waals surface area (Å²) in [6.07, 6.45) is 0.160. The van der Waals surface area contributed by atoms with Gasteiger partial charge in [0.2, 0.25) is 5.91 Å². The number of urea groups is 1. The minimum Gasteiger partial charge on any atom is -0.480 e. The molecule has 0 heterocycles. The zero-order valence-electron chi connectivity index (χ0n) is 13.7. The number of carboxylic acids is 1. The lowest BCUT2D eigenvalue weighted by atomic mass is 10.1. The predicted molar refractivity (Wildman–Crippen MR) is 101 cm³/mol. The van der Waals surface area contributed by atoms with E-state index in [4.69, 9.17) is 0 Å². The molecule has 0 radical (unpaired) electrons. The number of benzene rings is 2. The van der Waals surface area contributed by atoms with Gasteiger partial charge in [0.05, 0.1) is 6.54 Å². The Bertz CT molecular complexity index is 766. The summed E-state index contributed by atoms with van der Waals surface area (Å²) in [6.45, 7) is -0.332. The van der Waals surface area contributed by atoms with Crippen LogP contribution in [-0.2, 0) is 16.0 Å². The number of rotatable bonds is 7. The number of carboxylic acid groups (broad SMARTS) is 1. The zero-order valence-corrected chi connectivity index (χ0v) is 15.3. The van der Waals surface area contributed by atoms with E-state index in [1.165, 1.54) is 0 Å². The molecule has 7 nitrogen and oxygen atoms in total. The van der Waals surface area contributed by atoms with E-state index in [9.17, 15) is 19.5 Å². The highest BCUT2D eigenvalue weighted by Crippen LogP contribution is 2.13. The molecule has 0 unspecified atom stereocenters. The third-order valence-corrected chi connectivity index (χ3v) is 3.96. The van der Waals surface area contributed by atoms with E-state index in [1.54, 1.807) is 48.5 Å². The van der Waals surface area contributed by atoms with Crippen molar-refractivity contribution in [1.29, 1.82) is 0 Å². The van der Waals surface area contributed by atoms with Crippen LogP contribution >= 0.6 is 15.9 Å². The zero-order chi connectivity index (χ0) is 18.9. The van der Waals surface area contributed by atoms with Crippen LogP contribution in [0.4, 0.5) is 10.5 Å². The molecule has 0 saturated carbocycles. The number of nitrogens with one attached hydrogen (secondary N) is 3. The Morgan fingerprint density at radius 2 is 1.65 bits per heavy atom. The van der Waals surface area contributed by atoms with Crippen LogP contribution in [0.1, 0.15) is 5.56 Å². The van der Waals surface area contributed by atoms with Crippen molar-refractivity contribution < 1.29 is 19.5 Å². The molecule has 2 aromatic rings. The Morgan fingerprint density at radius 3 is 2.27 bits per heavy atom. The van der Waals surface area contributed by atoms with Crippen LogP contribution in [0.2, 0.25) is 0 Å². The van der Waals surface area contributed by atoms with Gasteiger partial charge in [-0.3, -0.25) is 4.79 Å². The van der Waals surface area contributed by atoms with Crippen LogP contribution in [-0.4, -0.2) is 35.6 Å². The van der Waals surface area contributed by atoms with Crippen molar-refractivity contribution in [2.45, 2.75) is 12.5 Å². The molecule has 136 valence electrons. The average Bonchev–Trinajstić information content (AvgIpc) is 2.62. The lowest BCUT2D eigenvalue weighted by molar-refractivity contribution is -0.141. The van der Waals surface area contributed by atoms with Crippen molar-refractivity contribution in [1.82, 2.24) is 10.6 Å². The monoisotopic (exact) mass is 419 g/mol. The number of carbonyl (C=O) groups is 3. The molecule has 0 bridgehead atoms. The third kappa shape index (κ3) is 6.56. The van der Waals surface area contributed by atoms with Gasteiger partial charge in [-0.1, -0.05) is 46.3 Å². The number of hydrogen-bond donors (Lipinski definition) is 4. The summed E-state index contributed by atoms with van der Waals surface area (Å²) in [5.41, 5.74) is 1.36. The molecule has 4 N–H and O–H groups in total. The maximum Gasteiger partial charge on any atom is 0.326 e. The Labute approximate surface area is 158 Å². The van der Waals surface area contributed by atoms with Crippen LogP contribution in [0.25, 0.3) is 0 Å². The lowest BCUT2D eigenvalue weighted by Gasteiger charge is -2.15. The van der Waals surface area contributed by atoms with E-state index >= 15 is 0 Å². The molecular formula is C18H18BrN3O4. The van der Waals surface area contributed by atoms with Gasteiger partial charge >= 0.3 is 12.0 Å². The van der Waals surface area contributed by atoms with Gasteiger partial charge in [0.1, 0.15) is 6.04 Å². The van der Waals surface area contributed by atoms with Crippen LogP contribution in [0.15, 0.2) is 59.1 Å². The minimum atomic E-state index is -1.14. The second-order valence-corrected chi connectivity index (χ2v) is 6.38. The van der Waals surface area contributed by atoms with Crippen LogP contribution in [0.5, 0.6) is 0 Å². The summed E-state index contributed by atoms with van der Waals surface area (Å²) >= 11 is 3.29. The molecule has 2 rings (SSSR count). The molecule has 0 fully saturated rings. The van der Waals surface area contributed by atoms with Gasteiger partial charge in [0.25, 0.3) is 0 Å². The first-order chi connectivity index (χ1) is 12.4. The Morgan fingerprint density at radius 1 is 1.00 bits per heavy atom. The molecule has 3 amide bonds. The van der Waals surface area contributed by atoms with Crippen molar-refractivity contribution in [3.05, 3.63) is 64.6 Å². The SMILES string of the molecule is O=C(CNC(=O)Nc1ccc(Br)cc1)N[C@@H](Cc1ccccc1)C(=O)O. The first-order valence-electron chi connectivity index (χ1n) is 7.80. The normalized spacial score (nSPS) is 11.3. The van der Waals surface area contributed by atoms with Crippen molar-refractivity contribution in [2.24, 2.45) is 0 Å². The molecule has 26 heavy (non-hydrogen) atoms. The number of amides is 3. The molecule has 0 aliphatic heterocycles. The van der Waals surface area contributed by atoms with E-state index in [0.29, 0.717) is 5.69 Å². The van der Waals surface area contributed by atoms with Crippen molar-refractivity contribution >= 4 is 39.5 Å². The molecule has 0 saturated heterocycles. The maximum absolute atomic E-state index is 11.9. The summed E-state index contributed by atoms with van der Waals surface area (Å²) in [6, 6.07) is 14.3. The fourth-order valence-corrected chi connectivity index (χ4v) is 2.43. The van der Waals surface area contributed by atoms with Gasteiger partial charge in [-0.25, -0.2) is 9.59 Å². The van der Waals surface area contributed by atoms with Gasteiger partial charge in [0.15, 0.2) is 0 Å². The number of carbonyl (C=O) groups excluding carboxylic acids is 2. The van der Waals surface area contributed by atoms with E-state index < -0.39 is 23.9 Å². The second-order valence-electron chi connectivity index (χ2n) is 5.46. The van der Waals surface area contributed by atoms with Gasteiger partial charge in [-0.15, -0.1) is 0 Å². The lowest BCUT2D eigenvalue weighted by Crippen LogP contribution is -2.47. The topological polar surface area (TPSA) is 108 Å².